The zero-order chi connectivity index (χ0) is 18.6. The summed E-state index contributed by atoms with van der Waals surface area (Å²) in [6.07, 6.45) is 9.62. The van der Waals surface area contributed by atoms with Gasteiger partial charge in [-0.25, -0.2) is 4.98 Å². The largest absolute Gasteiger partial charge is 0.480 e. The monoisotopic (exact) mass is 364 g/mol. The van der Waals surface area contributed by atoms with Crippen LogP contribution in [0.3, 0.4) is 0 Å². The summed E-state index contributed by atoms with van der Waals surface area (Å²) in [4.78, 5) is 16.9. The van der Waals surface area contributed by atoms with Crippen LogP contribution in [0.2, 0.25) is 0 Å². The second-order valence-electron chi connectivity index (χ2n) is 7.04. The molecule has 1 aliphatic rings. The van der Waals surface area contributed by atoms with E-state index in [0.717, 1.165) is 29.8 Å². The van der Waals surface area contributed by atoms with Crippen molar-refractivity contribution in [3.8, 4) is 17.0 Å². The molecule has 0 radical (unpaired) electrons. The second-order valence-corrected chi connectivity index (χ2v) is 7.04. The molecule has 1 aromatic carbocycles. The van der Waals surface area contributed by atoms with E-state index in [1.54, 1.807) is 0 Å². The van der Waals surface area contributed by atoms with Crippen molar-refractivity contribution in [2.24, 2.45) is 0 Å². The minimum Gasteiger partial charge on any atom is -0.480 e. The smallest absolute Gasteiger partial charge is 0.258 e. The van der Waals surface area contributed by atoms with Gasteiger partial charge in [-0.05, 0) is 37.1 Å². The fourth-order valence-electron chi connectivity index (χ4n) is 3.55. The molecule has 2 heterocycles. The Balaban J connectivity index is 1.47. The van der Waals surface area contributed by atoms with Crippen molar-refractivity contribution >= 4 is 17.2 Å². The Kier molecular flexibility index (Phi) is 4.96. The molecule has 140 valence electrons. The van der Waals surface area contributed by atoms with Crippen molar-refractivity contribution in [1.82, 2.24) is 14.7 Å². The van der Waals surface area contributed by atoms with Crippen molar-refractivity contribution in [3.05, 3.63) is 48.8 Å². The summed E-state index contributed by atoms with van der Waals surface area (Å²) in [5.74, 6) is 0.521. The van der Waals surface area contributed by atoms with Crippen molar-refractivity contribution in [2.45, 2.75) is 38.1 Å². The van der Waals surface area contributed by atoms with E-state index in [-0.39, 0.29) is 18.6 Å². The number of rotatable bonds is 5. The standard InChI is InChI=1S/C21H24N4O2/c22-16-10-8-15(9-11-16)18-13-25-12-4-7-19(21(25)24-18)27-14-20(26)23-17-5-2-1-3-6-17/h4,7-13,17H,1-3,5-6,14,22H2,(H,23,26). The highest BCUT2D eigenvalue weighted by Gasteiger charge is 2.16. The lowest BCUT2D eigenvalue weighted by Crippen LogP contribution is -2.39. The number of hydrogen-bond acceptors (Lipinski definition) is 4. The SMILES string of the molecule is Nc1ccc(-c2cn3cccc(OCC(=O)NC4CCCCC4)c3n2)cc1. The summed E-state index contributed by atoms with van der Waals surface area (Å²) in [7, 11) is 0. The summed E-state index contributed by atoms with van der Waals surface area (Å²) >= 11 is 0. The molecule has 4 rings (SSSR count). The molecule has 1 saturated carbocycles. The van der Waals surface area contributed by atoms with Crippen molar-refractivity contribution in [1.29, 1.82) is 0 Å². The molecule has 1 aliphatic carbocycles. The molecule has 3 N–H and O–H groups in total. The fraction of sp³-hybridized carbons (Fsp3) is 0.333. The van der Waals surface area contributed by atoms with Crippen LogP contribution in [0.4, 0.5) is 5.69 Å². The predicted octanol–water partition coefficient (Wildman–Crippen LogP) is 3.41. The first-order chi connectivity index (χ1) is 13.2. The van der Waals surface area contributed by atoms with Gasteiger partial charge in [0.15, 0.2) is 18.0 Å². The van der Waals surface area contributed by atoms with Gasteiger partial charge in [-0.2, -0.15) is 0 Å². The van der Waals surface area contributed by atoms with Gasteiger partial charge in [-0.1, -0.05) is 31.4 Å². The number of nitrogen functional groups attached to an aromatic ring is 1. The van der Waals surface area contributed by atoms with Gasteiger partial charge in [0.05, 0.1) is 5.69 Å². The normalized spacial score (nSPS) is 15.0. The molecule has 0 atom stereocenters. The number of nitrogens with two attached hydrogens (primary N) is 1. The number of ether oxygens (including phenoxy) is 1. The highest BCUT2D eigenvalue weighted by molar-refractivity contribution is 5.78. The molecule has 27 heavy (non-hydrogen) atoms. The second kappa shape index (κ2) is 7.70. The first kappa shape index (κ1) is 17.4. The molecule has 1 amide bonds. The van der Waals surface area contributed by atoms with Crippen LogP contribution in [0.25, 0.3) is 16.9 Å². The fourth-order valence-corrected chi connectivity index (χ4v) is 3.55. The maximum absolute atomic E-state index is 12.2. The number of aromatic nitrogens is 2. The van der Waals surface area contributed by atoms with Gasteiger partial charge < -0.3 is 20.2 Å². The number of nitrogens with one attached hydrogen (secondary N) is 1. The van der Waals surface area contributed by atoms with E-state index in [1.807, 2.05) is 53.2 Å². The molecule has 0 aliphatic heterocycles. The van der Waals surface area contributed by atoms with Gasteiger partial charge in [0.25, 0.3) is 5.91 Å². The van der Waals surface area contributed by atoms with Crippen molar-refractivity contribution < 1.29 is 9.53 Å². The summed E-state index contributed by atoms with van der Waals surface area (Å²) in [5.41, 5.74) is 8.97. The average molecular weight is 364 g/mol. The summed E-state index contributed by atoms with van der Waals surface area (Å²) in [6, 6.07) is 11.6. The minimum atomic E-state index is -0.0748. The number of amides is 1. The Hall–Kier alpha value is -3.02. The van der Waals surface area contributed by atoms with E-state index in [9.17, 15) is 4.79 Å². The minimum absolute atomic E-state index is 0.000235. The molecular weight excluding hydrogens is 340 g/mol. The lowest BCUT2D eigenvalue weighted by molar-refractivity contribution is -0.124. The number of nitrogens with zero attached hydrogens (tertiary/aromatic N) is 2. The molecule has 0 spiro atoms. The molecular formula is C21H24N4O2. The molecule has 6 nitrogen and oxygen atoms in total. The van der Waals surface area contributed by atoms with E-state index >= 15 is 0 Å². The number of benzene rings is 1. The highest BCUT2D eigenvalue weighted by Crippen LogP contribution is 2.25. The maximum atomic E-state index is 12.2. The van der Waals surface area contributed by atoms with Crippen LogP contribution in [-0.2, 0) is 4.79 Å². The van der Waals surface area contributed by atoms with Gasteiger partial charge in [0.1, 0.15) is 0 Å². The number of carbonyl (C=O) groups excluding carboxylic acids is 1. The zero-order valence-corrected chi connectivity index (χ0v) is 15.2. The molecule has 0 saturated heterocycles. The van der Waals surface area contributed by atoms with Gasteiger partial charge in [-0.3, -0.25) is 4.79 Å². The lowest BCUT2D eigenvalue weighted by atomic mass is 9.95. The summed E-state index contributed by atoms with van der Waals surface area (Å²) in [5, 5.41) is 3.07. The number of anilines is 1. The third kappa shape index (κ3) is 4.05. The highest BCUT2D eigenvalue weighted by atomic mass is 16.5. The van der Waals surface area contributed by atoms with E-state index in [2.05, 4.69) is 10.3 Å². The van der Waals surface area contributed by atoms with Gasteiger partial charge in [-0.15, -0.1) is 0 Å². The van der Waals surface area contributed by atoms with Crippen LogP contribution < -0.4 is 15.8 Å². The maximum Gasteiger partial charge on any atom is 0.258 e. The van der Waals surface area contributed by atoms with Gasteiger partial charge in [0, 0.05) is 29.7 Å². The number of fused-ring (bicyclic) bond motifs is 1. The molecule has 1 fully saturated rings. The van der Waals surface area contributed by atoms with Crippen LogP contribution in [-0.4, -0.2) is 27.9 Å². The Morgan fingerprint density at radius 2 is 1.96 bits per heavy atom. The summed E-state index contributed by atoms with van der Waals surface area (Å²) in [6.45, 7) is 0.000235. The van der Waals surface area contributed by atoms with E-state index < -0.39 is 0 Å². The van der Waals surface area contributed by atoms with Crippen LogP contribution in [0, 0.1) is 0 Å². The van der Waals surface area contributed by atoms with E-state index in [4.69, 9.17) is 10.5 Å². The quantitative estimate of drug-likeness (QED) is 0.680. The zero-order valence-electron chi connectivity index (χ0n) is 15.2. The molecule has 0 unspecified atom stereocenters. The third-order valence-corrected chi connectivity index (χ3v) is 4.98. The first-order valence-electron chi connectivity index (χ1n) is 9.45. The predicted molar refractivity (Wildman–Crippen MR) is 106 cm³/mol. The lowest BCUT2D eigenvalue weighted by Gasteiger charge is -2.22. The van der Waals surface area contributed by atoms with E-state index in [0.29, 0.717) is 11.4 Å². The third-order valence-electron chi connectivity index (χ3n) is 4.98. The van der Waals surface area contributed by atoms with Crippen LogP contribution in [0.5, 0.6) is 5.75 Å². The molecule has 2 aromatic heterocycles. The van der Waals surface area contributed by atoms with Crippen LogP contribution >= 0.6 is 0 Å². The number of hydrogen-bond donors (Lipinski definition) is 2. The topological polar surface area (TPSA) is 81.6 Å². The molecule has 0 bridgehead atoms. The van der Waals surface area contributed by atoms with E-state index in [1.165, 1.54) is 19.3 Å². The van der Waals surface area contributed by atoms with Gasteiger partial charge >= 0.3 is 0 Å². The Bertz CT molecular complexity index is 927. The Morgan fingerprint density at radius 1 is 1.19 bits per heavy atom. The number of pyridine rings is 1. The number of carbonyl (C=O) groups is 1. The number of imidazole rings is 1. The van der Waals surface area contributed by atoms with Gasteiger partial charge in [0.2, 0.25) is 0 Å². The van der Waals surface area contributed by atoms with Crippen molar-refractivity contribution in [3.63, 3.8) is 0 Å². The van der Waals surface area contributed by atoms with Crippen molar-refractivity contribution in [2.75, 3.05) is 12.3 Å². The molecule has 3 aromatic rings. The average Bonchev–Trinajstić information content (AvgIpc) is 3.12. The Morgan fingerprint density at radius 3 is 2.74 bits per heavy atom. The first-order valence-corrected chi connectivity index (χ1v) is 9.45. The Labute approximate surface area is 158 Å². The van der Waals surface area contributed by atoms with Crippen LogP contribution in [0.15, 0.2) is 48.8 Å². The molecule has 6 heteroatoms. The van der Waals surface area contributed by atoms with Crippen LogP contribution in [0.1, 0.15) is 32.1 Å². The summed E-state index contributed by atoms with van der Waals surface area (Å²) < 4.78 is 7.68.